The van der Waals surface area contributed by atoms with Gasteiger partial charge in [-0.05, 0) is 48.0 Å². The van der Waals surface area contributed by atoms with Crippen LogP contribution in [0, 0.1) is 5.82 Å². The van der Waals surface area contributed by atoms with E-state index in [1.807, 2.05) is 31.1 Å². The smallest absolute Gasteiger partial charge is 0.373 e. The third-order valence-electron chi connectivity index (χ3n) is 5.45. The van der Waals surface area contributed by atoms with E-state index in [-0.39, 0.29) is 36.2 Å². The number of ether oxygens (including phenoxy) is 2. The molecular weight excluding hydrogens is 469 g/mol. The Balaban J connectivity index is 1.56. The summed E-state index contributed by atoms with van der Waals surface area (Å²) in [6, 6.07) is 13.7. The summed E-state index contributed by atoms with van der Waals surface area (Å²) in [5.41, 5.74) is 2.27. The lowest BCUT2D eigenvalue weighted by Gasteiger charge is -2.16. The summed E-state index contributed by atoms with van der Waals surface area (Å²) in [4.78, 5) is 39.9. The Morgan fingerprint density at radius 3 is 2.56 bits per heavy atom. The van der Waals surface area contributed by atoms with Crippen molar-refractivity contribution in [2.24, 2.45) is 0 Å². The molecule has 1 aromatic heterocycles. The number of anilines is 1. The number of esters is 1. The third-order valence-corrected chi connectivity index (χ3v) is 5.45. The Kier molecular flexibility index (Phi) is 7.05. The van der Waals surface area contributed by atoms with Gasteiger partial charge < -0.3 is 24.1 Å². The fourth-order valence-electron chi connectivity index (χ4n) is 3.49. The monoisotopic (exact) mass is 493 g/mol. The minimum Gasteiger partial charge on any atom is -0.488 e. The maximum absolute atomic E-state index is 13.2. The summed E-state index contributed by atoms with van der Waals surface area (Å²) in [5.74, 6) is -0.856. The predicted molar refractivity (Wildman–Crippen MR) is 129 cm³/mol. The summed E-state index contributed by atoms with van der Waals surface area (Å²) in [6.07, 6.45) is 1.53. The zero-order valence-corrected chi connectivity index (χ0v) is 19.9. The second kappa shape index (κ2) is 10.3. The zero-order valence-electron chi connectivity index (χ0n) is 19.9. The maximum Gasteiger partial charge on any atom is 0.373 e. The molecule has 1 aliphatic rings. The van der Waals surface area contributed by atoms with Crippen LogP contribution in [0.1, 0.15) is 27.4 Å². The minimum atomic E-state index is -0.659. The van der Waals surface area contributed by atoms with Gasteiger partial charge in [0.15, 0.2) is 0 Å². The molecule has 1 aliphatic heterocycles. The van der Waals surface area contributed by atoms with Gasteiger partial charge in [0.05, 0.1) is 13.7 Å². The summed E-state index contributed by atoms with van der Waals surface area (Å²) in [7, 11) is 4.99. The van der Waals surface area contributed by atoms with Gasteiger partial charge >= 0.3 is 12.0 Å². The molecule has 1 N–H and O–H groups in total. The number of carbonyl (C=O) groups is 3. The molecule has 1 saturated heterocycles. The van der Waals surface area contributed by atoms with Crippen LogP contribution in [0.2, 0.25) is 0 Å². The highest BCUT2D eigenvalue weighted by Gasteiger charge is 2.34. The van der Waals surface area contributed by atoms with Crippen molar-refractivity contribution in [3.63, 3.8) is 0 Å². The van der Waals surface area contributed by atoms with E-state index in [9.17, 15) is 18.8 Å². The van der Waals surface area contributed by atoms with Crippen molar-refractivity contribution in [2.75, 3.05) is 26.1 Å². The van der Waals surface area contributed by atoms with Crippen LogP contribution in [-0.4, -0.2) is 44.0 Å². The van der Waals surface area contributed by atoms with Crippen molar-refractivity contribution in [3.8, 4) is 5.75 Å². The number of hydrogen-bond donors (Lipinski definition) is 1. The summed E-state index contributed by atoms with van der Waals surface area (Å²) in [5, 5.41) is 2.57. The zero-order chi connectivity index (χ0) is 25.8. The molecule has 0 spiro atoms. The fraction of sp³-hybridized carbons (Fsp3) is 0.192. The van der Waals surface area contributed by atoms with E-state index in [4.69, 9.17) is 9.15 Å². The van der Waals surface area contributed by atoms with Crippen LogP contribution < -0.4 is 15.0 Å². The lowest BCUT2D eigenvalue weighted by molar-refractivity contribution is -0.123. The van der Waals surface area contributed by atoms with Crippen molar-refractivity contribution < 1.29 is 32.7 Å². The highest BCUT2D eigenvalue weighted by atomic mass is 19.1. The van der Waals surface area contributed by atoms with Gasteiger partial charge in [-0.1, -0.05) is 12.1 Å². The standard InChI is InChI=1S/C26H24FN3O6/c1-29(2)19-9-6-17(23(13-19)35-15-16-4-7-18(27)8-5-16)12-21-24(31)30(26(33)28-21)14-20-10-11-22(36-20)25(32)34-3/h4-13H,14-15H2,1-3H3,(H,28,33)/b21-12-. The number of nitrogens with zero attached hydrogens (tertiary/aromatic N) is 2. The van der Waals surface area contributed by atoms with Crippen LogP contribution in [-0.2, 0) is 22.7 Å². The SMILES string of the molecule is COC(=O)c1ccc(CN2C(=O)N/C(=C\c3ccc(N(C)C)cc3OCc3ccc(F)cc3)C2=O)o1. The van der Waals surface area contributed by atoms with Gasteiger partial charge in [0.25, 0.3) is 5.91 Å². The number of urea groups is 1. The first-order valence-electron chi connectivity index (χ1n) is 11.0. The lowest BCUT2D eigenvalue weighted by Crippen LogP contribution is -2.30. The van der Waals surface area contributed by atoms with E-state index in [1.54, 1.807) is 18.2 Å². The van der Waals surface area contributed by atoms with Crippen LogP contribution in [0.5, 0.6) is 5.75 Å². The number of amides is 3. The van der Waals surface area contributed by atoms with Gasteiger partial charge in [0.2, 0.25) is 5.76 Å². The molecule has 36 heavy (non-hydrogen) atoms. The molecule has 0 bridgehead atoms. The van der Waals surface area contributed by atoms with Crippen molar-refractivity contribution >= 4 is 29.7 Å². The van der Waals surface area contributed by atoms with Gasteiger partial charge in [-0.15, -0.1) is 0 Å². The van der Waals surface area contributed by atoms with Crippen LogP contribution in [0.15, 0.2) is 64.7 Å². The molecule has 186 valence electrons. The van der Waals surface area contributed by atoms with Gasteiger partial charge in [-0.25, -0.2) is 14.0 Å². The Labute approximate surface area is 206 Å². The first kappa shape index (κ1) is 24.5. The summed E-state index contributed by atoms with van der Waals surface area (Å²) >= 11 is 0. The molecule has 10 heteroatoms. The van der Waals surface area contributed by atoms with Gasteiger partial charge in [-0.3, -0.25) is 9.69 Å². The second-order valence-corrected chi connectivity index (χ2v) is 8.17. The Morgan fingerprint density at radius 1 is 1.11 bits per heavy atom. The minimum absolute atomic E-state index is 0.0285. The summed E-state index contributed by atoms with van der Waals surface area (Å²) in [6.45, 7) is 0.0211. The molecule has 0 aliphatic carbocycles. The van der Waals surface area contributed by atoms with Crippen molar-refractivity contribution in [3.05, 3.63) is 88.8 Å². The van der Waals surface area contributed by atoms with Crippen LogP contribution in [0.3, 0.4) is 0 Å². The number of imide groups is 1. The molecule has 0 saturated carbocycles. The van der Waals surface area contributed by atoms with Crippen LogP contribution in [0.25, 0.3) is 6.08 Å². The molecule has 3 aromatic rings. The van der Waals surface area contributed by atoms with Crippen LogP contribution >= 0.6 is 0 Å². The number of rotatable bonds is 8. The number of methoxy groups -OCH3 is 1. The number of nitrogens with one attached hydrogen (secondary N) is 1. The van der Waals surface area contributed by atoms with Crippen molar-refractivity contribution in [2.45, 2.75) is 13.2 Å². The fourth-order valence-corrected chi connectivity index (χ4v) is 3.49. The number of carbonyl (C=O) groups excluding carboxylic acids is 3. The molecule has 2 aromatic carbocycles. The quantitative estimate of drug-likeness (QED) is 0.288. The van der Waals surface area contributed by atoms with Gasteiger partial charge in [0, 0.05) is 31.4 Å². The largest absolute Gasteiger partial charge is 0.488 e. The number of benzene rings is 2. The average Bonchev–Trinajstić information content (AvgIpc) is 3.44. The maximum atomic E-state index is 13.2. The van der Waals surface area contributed by atoms with Crippen LogP contribution in [0.4, 0.5) is 14.9 Å². The van der Waals surface area contributed by atoms with Gasteiger partial charge in [0.1, 0.15) is 29.6 Å². The van der Waals surface area contributed by atoms with Crippen molar-refractivity contribution in [1.29, 1.82) is 0 Å². The number of furan rings is 1. The Bertz CT molecular complexity index is 1330. The number of halogens is 1. The number of hydrogen-bond acceptors (Lipinski definition) is 7. The van der Waals surface area contributed by atoms with Gasteiger partial charge in [-0.2, -0.15) is 0 Å². The van der Waals surface area contributed by atoms with E-state index in [2.05, 4.69) is 10.1 Å². The first-order chi connectivity index (χ1) is 17.2. The van der Waals surface area contributed by atoms with E-state index in [0.29, 0.717) is 11.3 Å². The predicted octanol–water partition coefficient (Wildman–Crippen LogP) is 3.94. The molecule has 0 radical (unpaired) electrons. The molecule has 1 fully saturated rings. The lowest BCUT2D eigenvalue weighted by atomic mass is 10.1. The van der Waals surface area contributed by atoms with E-state index >= 15 is 0 Å². The molecule has 0 atom stereocenters. The Hall–Kier alpha value is -4.60. The highest BCUT2D eigenvalue weighted by molar-refractivity contribution is 6.14. The molecular formula is C26H24FN3O6. The highest BCUT2D eigenvalue weighted by Crippen LogP contribution is 2.29. The normalized spacial score (nSPS) is 14.2. The third kappa shape index (κ3) is 5.38. The van der Waals surface area contributed by atoms with E-state index in [0.717, 1.165) is 16.2 Å². The topological polar surface area (TPSA) is 101 Å². The molecule has 3 amide bonds. The molecule has 4 rings (SSSR count). The van der Waals surface area contributed by atoms with Crippen molar-refractivity contribution in [1.82, 2.24) is 10.2 Å². The van der Waals surface area contributed by atoms with E-state index < -0.39 is 17.9 Å². The second-order valence-electron chi connectivity index (χ2n) is 8.17. The molecule has 0 unspecified atom stereocenters. The summed E-state index contributed by atoms with van der Waals surface area (Å²) < 4.78 is 29.2. The van der Waals surface area contributed by atoms with E-state index in [1.165, 1.54) is 37.5 Å². The Morgan fingerprint density at radius 2 is 1.86 bits per heavy atom. The average molecular weight is 493 g/mol. The molecule has 2 heterocycles. The first-order valence-corrected chi connectivity index (χ1v) is 11.0. The molecule has 9 nitrogen and oxygen atoms in total.